The zero-order chi connectivity index (χ0) is 11.1. The molecule has 1 rings (SSSR count). The van der Waals surface area contributed by atoms with Crippen LogP contribution in [0.5, 0.6) is 11.5 Å². The van der Waals surface area contributed by atoms with Gasteiger partial charge in [-0.1, -0.05) is 12.1 Å². The Kier molecular flexibility index (Phi) is 5.36. The molecule has 0 bridgehead atoms. The van der Waals surface area contributed by atoms with Crippen LogP contribution in [-0.4, -0.2) is 36.9 Å². The lowest BCUT2D eigenvalue weighted by Crippen LogP contribution is -2.20. The number of rotatable bonds is 6. The molecule has 3 nitrogen and oxygen atoms in total. The fourth-order valence-corrected chi connectivity index (χ4v) is 1.65. The number of aliphatic hydroxyl groups excluding tert-OH is 1. The van der Waals surface area contributed by atoms with Crippen molar-refractivity contribution in [2.45, 2.75) is 6.10 Å². The Hall–Kier alpha value is -0.870. The molecule has 0 aliphatic rings. The van der Waals surface area contributed by atoms with Crippen molar-refractivity contribution < 1.29 is 14.6 Å². The molecule has 15 heavy (non-hydrogen) atoms. The molecule has 1 unspecified atom stereocenters. The van der Waals surface area contributed by atoms with Gasteiger partial charge in [0.15, 0.2) is 11.5 Å². The van der Waals surface area contributed by atoms with Crippen LogP contribution in [0.3, 0.4) is 0 Å². The second-order valence-electron chi connectivity index (χ2n) is 3.07. The van der Waals surface area contributed by atoms with E-state index in [0.717, 1.165) is 0 Å². The van der Waals surface area contributed by atoms with Crippen LogP contribution in [0.2, 0.25) is 0 Å². The minimum atomic E-state index is -0.440. The zero-order valence-electron chi connectivity index (χ0n) is 8.97. The zero-order valence-corrected chi connectivity index (χ0v) is 9.79. The van der Waals surface area contributed by atoms with Crippen molar-refractivity contribution in [1.29, 1.82) is 0 Å². The van der Waals surface area contributed by atoms with Crippen LogP contribution >= 0.6 is 11.8 Å². The normalized spacial score (nSPS) is 12.2. The summed E-state index contributed by atoms with van der Waals surface area (Å²) in [6, 6.07) is 7.41. The van der Waals surface area contributed by atoms with Gasteiger partial charge in [-0.2, -0.15) is 11.8 Å². The van der Waals surface area contributed by atoms with E-state index >= 15 is 0 Å². The molecule has 0 radical (unpaired) electrons. The van der Waals surface area contributed by atoms with Gasteiger partial charge in [-0.05, 0) is 18.4 Å². The van der Waals surface area contributed by atoms with Gasteiger partial charge in [0.2, 0.25) is 0 Å². The summed E-state index contributed by atoms with van der Waals surface area (Å²) < 4.78 is 10.6. The lowest BCUT2D eigenvalue weighted by Gasteiger charge is -2.13. The Bertz CT molecular complexity index is 291. The number of methoxy groups -OCH3 is 1. The number of ether oxygens (including phenoxy) is 2. The van der Waals surface area contributed by atoms with Crippen molar-refractivity contribution in [3.8, 4) is 11.5 Å². The molecule has 0 fully saturated rings. The first kappa shape index (κ1) is 12.2. The van der Waals surface area contributed by atoms with Crippen LogP contribution in [-0.2, 0) is 0 Å². The van der Waals surface area contributed by atoms with Gasteiger partial charge < -0.3 is 14.6 Å². The summed E-state index contributed by atoms with van der Waals surface area (Å²) in [7, 11) is 1.60. The van der Waals surface area contributed by atoms with Crippen LogP contribution in [0.15, 0.2) is 24.3 Å². The van der Waals surface area contributed by atoms with Crippen LogP contribution < -0.4 is 9.47 Å². The maximum Gasteiger partial charge on any atom is 0.161 e. The van der Waals surface area contributed by atoms with E-state index in [1.807, 2.05) is 30.5 Å². The number of aliphatic hydroxyl groups is 1. The van der Waals surface area contributed by atoms with Gasteiger partial charge >= 0.3 is 0 Å². The Labute approximate surface area is 94.4 Å². The van der Waals surface area contributed by atoms with Gasteiger partial charge in [0.25, 0.3) is 0 Å². The summed E-state index contributed by atoms with van der Waals surface area (Å²) in [5.74, 6) is 2.03. The fraction of sp³-hybridized carbons (Fsp3) is 0.455. The third-order valence-electron chi connectivity index (χ3n) is 1.86. The topological polar surface area (TPSA) is 38.7 Å². The second-order valence-corrected chi connectivity index (χ2v) is 3.98. The lowest BCUT2D eigenvalue weighted by molar-refractivity contribution is 0.124. The van der Waals surface area contributed by atoms with Crippen molar-refractivity contribution in [3.63, 3.8) is 0 Å². The first-order valence-corrected chi connectivity index (χ1v) is 6.10. The van der Waals surface area contributed by atoms with Crippen molar-refractivity contribution in [2.24, 2.45) is 0 Å². The van der Waals surface area contributed by atoms with E-state index in [9.17, 15) is 5.11 Å². The summed E-state index contributed by atoms with van der Waals surface area (Å²) in [6.07, 6.45) is 1.51. The number of hydrogen-bond acceptors (Lipinski definition) is 4. The molecule has 0 spiro atoms. The third-order valence-corrected chi connectivity index (χ3v) is 2.58. The number of benzene rings is 1. The monoisotopic (exact) mass is 228 g/mol. The second kappa shape index (κ2) is 6.58. The molecule has 0 saturated carbocycles. The van der Waals surface area contributed by atoms with Crippen molar-refractivity contribution in [2.75, 3.05) is 25.7 Å². The lowest BCUT2D eigenvalue weighted by atomic mass is 10.3. The molecule has 0 aliphatic heterocycles. The molecular weight excluding hydrogens is 212 g/mol. The molecule has 1 atom stereocenters. The maximum absolute atomic E-state index is 9.49. The Morgan fingerprint density at radius 3 is 2.60 bits per heavy atom. The number of para-hydroxylation sites is 2. The minimum Gasteiger partial charge on any atom is -0.493 e. The van der Waals surface area contributed by atoms with Gasteiger partial charge in [0, 0.05) is 5.75 Å². The summed E-state index contributed by atoms with van der Waals surface area (Å²) in [5, 5.41) is 9.49. The highest BCUT2D eigenvalue weighted by Gasteiger charge is 2.07. The molecule has 0 aliphatic carbocycles. The number of thioether (sulfide) groups is 1. The SMILES string of the molecule is COc1ccccc1OCC(O)CSC. The predicted octanol–water partition coefficient (Wildman–Crippen LogP) is 1.80. The Morgan fingerprint density at radius 1 is 1.33 bits per heavy atom. The van der Waals surface area contributed by atoms with Gasteiger partial charge in [-0.15, -0.1) is 0 Å². The average Bonchev–Trinajstić information content (AvgIpc) is 2.27. The average molecular weight is 228 g/mol. The molecule has 84 valence electrons. The largest absolute Gasteiger partial charge is 0.493 e. The molecule has 0 amide bonds. The fourth-order valence-electron chi connectivity index (χ4n) is 1.16. The molecule has 0 saturated heterocycles. The molecular formula is C11H16O3S. The predicted molar refractivity (Wildman–Crippen MR) is 62.9 cm³/mol. The van der Waals surface area contributed by atoms with Crippen LogP contribution in [0.25, 0.3) is 0 Å². The van der Waals surface area contributed by atoms with E-state index in [1.54, 1.807) is 18.9 Å². The van der Waals surface area contributed by atoms with E-state index in [4.69, 9.17) is 9.47 Å². The summed E-state index contributed by atoms with van der Waals surface area (Å²) in [4.78, 5) is 0. The van der Waals surface area contributed by atoms with E-state index in [0.29, 0.717) is 23.9 Å². The first-order valence-electron chi connectivity index (χ1n) is 4.70. The molecule has 1 aromatic carbocycles. The quantitative estimate of drug-likeness (QED) is 0.805. The van der Waals surface area contributed by atoms with Crippen LogP contribution in [0.4, 0.5) is 0 Å². The molecule has 0 aromatic heterocycles. The van der Waals surface area contributed by atoms with Crippen molar-refractivity contribution in [1.82, 2.24) is 0 Å². The van der Waals surface area contributed by atoms with Crippen molar-refractivity contribution in [3.05, 3.63) is 24.3 Å². The van der Waals surface area contributed by atoms with Crippen molar-refractivity contribution >= 4 is 11.8 Å². The Balaban J connectivity index is 2.49. The maximum atomic E-state index is 9.49. The van der Waals surface area contributed by atoms with Gasteiger partial charge in [-0.3, -0.25) is 0 Å². The summed E-state index contributed by atoms with van der Waals surface area (Å²) in [5.41, 5.74) is 0. The minimum absolute atomic E-state index is 0.293. The van der Waals surface area contributed by atoms with Crippen LogP contribution in [0.1, 0.15) is 0 Å². The van der Waals surface area contributed by atoms with E-state index in [-0.39, 0.29) is 0 Å². The summed E-state index contributed by atoms with van der Waals surface area (Å²) in [6.45, 7) is 0.293. The number of hydrogen-bond donors (Lipinski definition) is 1. The van der Waals surface area contributed by atoms with E-state index in [2.05, 4.69) is 0 Å². The highest BCUT2D eigenvalue weighted by molar-refractivity contribution is 7.98. The highest BCUT2D eigenvalue weighted by atomic mass is 32.2. The standard InChI is InChI=1S/C11H16O3S/c1-13-10-5-3-4-6-11(10)14-7-9(12)8-15-2/h3-6,9,12H,7-8H2,1-2H3. The highest BCUT2D eigenvalue weighted by Crippen LogP contribution is 2.25. The Morgan fingerprint density at radius 2 is 2.00 bits per heavy atom. The smallest absolute Gasteiger partial charge is 0.161 e. The van der Waals surface area contributed by atoms with E-state index in [1.165, 1.54) is 0 Å². The molecule has 4 heteroatoms. The van der Waals surface area contributed by atoms with E-state index < -0.39 is 6.10 Å². The molecule has 1 N–H and O–H groups in total. The van der Waals surface area contributed by atoms with Crippen LogP contribution in [0, 0.1) is 0 Å². The first-order chi connectivity index (χ1) is 7.27. The van der Waals surface area contributed by atoms with Gasteiger partial charge in [0.05, 0.1) is 13.2 Å². The summed E-state index contributed by atoms with van der Waals surface area (Å²) >= 11 is 1.59. The van der Waals surface area contributed by atoms with Gasteiger partial charge in [-0.25, -0.2) is 0 Å². The third kappa shape index (κ3) is 4.01. The molecule has 0 heterocycles. The van der Waals surface area contributed by atoms with Gasteiger partial charge in [0.1, 0.15) is 6.61 Å². The molecule has 1 aromatic rings.